The minimum Gasteiger partial charge on any atom is -0.726 e. The fourth-order valence-electron chi connectivity index (χ4n) is 2.57. The van der Waals surface area contributed by atoms with E-state index in [4.69, 9.17) is 10.5 Å². The van der Waals surface area contributed by atoms with Crippen LogP contribution in [0.2, 0.25) is 0 Å². The second-order valence-electron chi connectivity index (χ2n) is 6.51. The van der Waals surface area contributed by atoms with Crippen LogP contribution in [0.5, 0.6) is 5.75 Å². The number of carboxylic acid groups (broad SMARTS) is 1. The van der Waals surface area contributed by atoms with Crippen LogP contribution in [0.15, 0.2) is 45.5 Å². The number of hydrogen-bond acceptors (Lipinski definition) is 13. The molecule has 14 nitrogen and oxygen atoms in total. The molecule has 184 valence electrons. The first-order valence-corrected chi connectivity index (χ1v) is 12.1. The van der Waals surface area contributed by atoms with Crippen molar-refractivity contribution in [3.05, 3.63) is 35.9 Å². The van der Waals surface area contributed by atoms with Gasteiger partial charge in [0.05, 0.1) is 36.0 Å². The van der Waals surface area contributed by atoms with Crippen molar-refractivity contribution >= 4 is 54.9 Å². The van der Waals surface area contributed by atoms with Crippen molar-refractivity contribution in [3.8, 4) is 5.75 Å². The smallest absolute Gasteiger partial charge is 0.726 e. The monoisotopic (exact) mass is 560 g/mol. The van der Waals surface area contributed by atoms with Gasteiger partial charge < -0.3 is 30.2 Å². The summed E-state index contributed by atoms with van der Waals surface area (Å²) in [5, 5.41) is 21.5. The van der Waals surface area contributed by atoms with Gasteiger partial charge in [-0.3, -0.25) is 8.98 Å². The molecule has 0 aliphatic heterocycles. The van der Waals surface area contributed by atoms with Gasteiger partial charge in [0.25, 0.3) is 0 Å². The molecule has 0 spiro atoms. The number of rotatable bonds is 10. The largest absolute Gasteiger partial charge is 1.00 e. The second-order valence-corrected chi connectivity index (χ2v) is 9.67. The number of nitrogens with two attached hydrogens (primary N) is 1. The Labute approximate surface area is 251 Å². The molecule has 2 aromatic carbocycles. The Morgan fingerprint density at radius 2 is 1.67 bits per heavy atom. The van der Waals surface area contributed by atoms with Crippen LogP contribution in [0.25, 0.3) is 0 Å². The van der Waals surface area contributed by atoms with E-state index in [1.165, 1.54) is 20.1 Å². The van der Waals surface area contributed by atoms with Crippen molar-refractivity contribution in [1.29, 1.82) is 0 Å². The van der Waals surface area contributed by atoms with E-state index in [-0.39, 0.29) is 92.5 Å². The average Bonchev–Trinajstić information content (AvgIpc) is 2.71. The average molecular weight is 560 g/mol. The van der Waals surface area contributed by atoms with Gasteiger partial charge in [-0.1, -0.05) is 0 Å². The molecule has 0 aromatic heterocycles. The quantitative estimate of drug-likeness (QED) is 0.0914. The third-order valence-electron chi connectivity index (χ3n) is 4.05. The van der Waals surface area contributed by atoms with Crippen molar-refractivity contribution in [2.45, 2.75) is 11.8 Å². The Hall–Kier alpha value is -1.60. The van der Waals surface area contributed by atoms with Crippen LogP contribution in [-0.4, -0.2) is 52.7 Å². The Morgan fingerprint density at radius 1 is 1.06 bits per heavy atom. The minimum atomic E-state index is -5.07. The predicted molar refractivity (Wildman–Crippen MR) is 114 cm³/mol. The van der Waals surface area contributed by atoms with E-state index in [1.807, 2.05) is 0 Å². The first-order chi connectivity index (χ1) is 15.7. The molecular weight excluding hydrogens is 542 g/mol. The van der Waals surface area contributed by atoms with Crippen LogP contribution >= 0.6 is 0 Å². The summed E-state index contributed by atoms with van der Waals surface area (Å²) in [6.45, 7) is 0.303. The van der Waals surface area contributed by atoms with E-state index in [9.17, 15) is 36.1 Å². The molecule has 0 aliphatic rings. The van der Waals surface area contributed by atoms with Crippen LogP contribution < -0.4 is 80.0 Å². The maximum atomic E-state index is 12.5. The summed E-state index contributed by atoms with van der Waals surface area (Å²) in [5.41, 5.74) is 4.82. The van der Waals surface area contributed by atoms with Crippen LogP contribution in [0.4, 0.5) is 22.7 Å². The fourth-order valence-corrected chi connectivity index (χ4v) is 4.07. The van der Waals surface area contributed by atoms with Crippen LogP contribution in [0.1, 0.15) is 17.3 Å². The van der Waals surface area contributed by atoms with E-state index in [0.717, 1.165) is 24.3 Å². The number of methoxy groups -OCH3 is 1. The number of nitrogen functional groups attached to an aromatic ring is 1. The number of anilines is 2. The topological polar surface area (TPSA) is 230 Å². The minimum absolute atomic E-state index is 0. The van der Waals surface area contributed by atoms with Gasteiger partial charge in [0.15, 0.2) is 9.84 Å². The molecular formula is C18H18N4Na2O10S2. The number of azo groups is 1. The van der Waals surface area contributed by atoms with Gasteiger partial charge in [-0.2, -0.15) is 0 Å². The van der Waals surface area contributed by atoms with Gasteiger partial charge in [-0.15, -0.1) is 10.2 Å². The van der Waals surface area contributed by atoms with Gasteiger partial charge in [0, 0.05) is 18.2 Å². The zero-order chi connectivity index (χ0) is 25.7. The van der Waals surface area contributed by atoms with Gasteiger partial charge in [-0.05, 0) is 30.3 Å². The number of nitrogens with one attached hydrogen (secondary N) is 1. The summed E-state index contributed by atoms with van der Waals surface area (Å²) in [6.07, 6.45) is 0. The van der Waals surface area contributed by atoms with Crippen LogP contribution in [0.3, 0.4) is 0 Å². The summed E-state index contributed by atoms with van der Waals surface area (Å²) < 4.78 is 65.5. The summed E-state index contributed by atoms with van der Waals surface area (Å²) in [4.78, 5) is 22.4. The Balaban J connectivity index is 0.00000612. The summed E-state index contributed by atoms with van der Waals surface area (Å²) in [6, 6.07) is 5.60. The molecule has 18 heteroatoms. The van der Waals surface area contributed by atoms with E-state index in [1.54, 1.807) is 0 Å². The molecule has 0 fully saturated rings. The standard InChI is InChI=1S/C18H20N4O10S2.2Na/c1-10(23)20-14-9-13(19)12(18(24)25)8-15(14)21-22-16-7-11(3-4-17(16)31-2)33(26,27)6-5-32-34(28,29)30;;/h3-4,7-9H,5-6,19H2,1-2H3,(H,20,23)(H,24,25)(H,28,29,30);;/q;2*+1/p-2. The second kappa shape index (κ2) is 14.4. The van der Waals surface area contributed by atoms with Crippen molar-refractivity contribution in [2.75, 3.05) is 30.5 Å². The number of carboxylic acids is 1. The number of sulfone groups is 1. The third kappa shape index (κ3) is 10.0. The van der Waals surface area contributed by atoms with Gasteiger partial charge in [0.2, 0.25) is 16.3 Å². The molecule has 0 heterocycles. The summed E-state index contributed by atoms with van der Waals surface area (Å²) in [7, 11) is -7.90. The maximum Gasteiger partial charge on any atom is 1.00 e. The molecule has 0 unspecified atom stereocenters. The Morgan fingerprint density at radius 3 is 2.19 bits per heavy atom. The third-order valence-corrected chi connectivity index (χ3v) is 6.18. The molecule has 3 N–H and O–H groups in total. The molecule has 0 radical (unpaired) electrons. The van der Waals surface area contributed by atoms with E-state index < -0.39 is 50.0 Å². The number of carbonyl (C=O) groups excluding carboxylic acids is 2. The van der Waals surface area contributed by atoms with Crippen molar-refractivity contribution in [3.63, 3.8) is 0 Å². The summed E-state index contributed by atoms with van der Waals surface area (Å²) in [5.74, 6) is -2.85. The van der Waals surface area contributed by atoms with E-state index >= 15 is 0 Å². The number of carbonyl (C=O) groups is 2. The molecule has 0 bridgehead atoms. The molecule has 0 saturated carbocycles. The summed E-state index contributed by atoms with van der Waals surface area (Å²) >= 11 is 0. The van der Waals surface area contributed by atoms with Crippen LogP contribution in [0, 0.1) is 0 Å². The van der Waals surface area contributed by atoms with E-state index in [0.29, 0.717) is 0 Å². The first-order valence-electron chi connectivity index (χ1n) is 9.08. The normalized spacial score (nSPS) is 11.3. The molecule has 0 saturated heterocycles. The number of hydrogen-bond donors (Lipinski definition) is 2. The zero-order valence-electron chi connectivity index (χ0n) is 19.7. The maximum absolute atomic E-state index is 12.5. The molecule has 0 atom stereocenters. The van der Waals surface area contributed by atoms with Gasteiger partial charge in [-0.25, -0.2) is 16.8 Å². The number of nitrogens with zero attached hydrogens (tertiary/aromatic N) is 2. The van der Waals surface area contributed by atoms with Gasteiger partial charge in [0.1, 0.15) is 17.1 Å². The molecule has 2 rings (SSSR count). The number of ether oxygens (including phenoxy) is 1. The fraction of sp³-hybridized carbons (Fsp3) is 0.222. The number of benzene rings is 2. The Bertz CT molecular complexity index is 1370. The molecule has 1 amide bonds. The van der Waals surface area contributed by atoms with Crippen molar-refractivity contribution in [2.24, 2.45) is 10.2 Å². The van der Waals surface area contributed by atoms with Crippen LogP contribution in [-0.2, 0) is 29.2 Å². The number of amides is 1. The zero-order valence-corrected chi connectivity index (χ0v) is 25.3. The number of aromatic carboxylic acids is 1. The molecule has 2 aromatic rings. The first kappa shape index (κ1) is 34.4. The van der Waals surface area contributed by atoms with Gasteiger partial charge >= 0.3 is 59.1 Å². The van der Waals surface area contributed by atoms with Crippen molar-refractivity contribution < 1.29 is 104 Å². The Kier molecular flexibility index (Phi) is 13.7. The van der Waals surface area contributed by atoms with Crippen molar-refractivity contribution in [1.82, 2.24) is 0 Å². The van der Waals surface area contributed by atoms with E-state index in [2.05, 4.69) is 19.7 Å². The molecule has 0 aliphatic carbocycles. The molecule has 36 heavy (non-hydrogen) atoms. The predicted octanol–water partition coefficient (Wildman–Crippen LogP) is -5.73. The SMILES string of the molecule is COc1ccc(S(=O)(=O)CCOS(=O)(=O)[O-])cc1N=Nc1cc(C(=O)[O-])c(N)cc1NC(C)=O.[Na+].[Na+].